The average Bonchev–Trinajstić information content (AvgIpc) is 2.98. The number of amides is 1. The van der Waals surface area contributed by atoms with Gasteiger partial charge in [0.15, 0.2) is 5.69 Å². The fraction of sp³-hybridized carbons (Fsp3) is 0.222. The minimum absolute atomic E-state index is 0.157. The van der Waals surface area contributed by atoms with Gasteiger partial charge in [0, 0.05) is 11.9 Å². The van der Waals surface area contributed by atoms with E-state index in [0.29, 0.717) is 12.2 Å². The minimum atomic E-state index is -0.157. The van der Waals surface area contributed by atoms with Crippen molar-refractivity contribution in [3.63, 3.8) is 0 Å². The summed E-state index contributed by atoms with van der Waals surface area (Å²) in [5, 5.41) is 10.8. The van der Waals surface area contributed by atoms with Crippen LogP contribution in [0.2, 0.25) is 0 Å². The number of carbonyl (C=O) groups is 1. The Morgan fingerprint density at radius 3 is 2.74 bits per heavy atom. The highest BCUT2D eigenvalue weighted by molar-refractivity contribution is 6.04. The van der Waals surface area contributed by atoms with Crippen molar-refractivity contribution in [3.05, 3.63) is 59.3 Å². The molecule has 0 fully saturated rings. The Kier molecular flexibility index (Phi) is 4.28. The number of aryl methyl sites for hydroxylation is 1. The fourth-order valence-electron chi connectivity index (χ4n) is 2.50. The van der Waals surface area contributed by atoms with E-state index in [-0.39, 0.29) is 5.91 Å². The zero-order valence-corrected chi connectivity index (χ0v) is 13.2. The van der Waals surface area contributed by atoms with Crippen LogP contribution in [0.5, 0.6) is 5.75 Å². The van der Waals surface area contributed by atoms with Crippen molar-refractivity contribution in [2.75, 3.05) is 13.7 Å². The number of aromatic amines is 1. The van der Waals surface area contributed by atoms with Crippen LogP contribution in [0.15, 0.2) is 42.5 Å². The maximum Gasteiger partial charge on any atom is 0.272 e. The number of carbonyl (C=O) groups excluding carboxylic acids is 1. The van der Waals surface area contributed by atoms with E-state index in [1.54, 1.807) is 7.11 Å². The van der Waals surface area contributed by atoms with Crippen LogP contribution in [0.25, 0.3) is 10.9 Å². The summed E-state index contributed by atoms with van der Waals surface area (Å²) in [6.45, 7) is 2.56. The Morgan fingerprint density at radius 2 is 2.00 bits per heavy atom. The van der Waals surface area contributed by atoms with Crippen molar-refractivity contribution in [2.45, 2.75) is 13.3 Å². The van der Waals surface area contributed by atoms with E-state index in [0.717, 1.165) is 34.2 Å². The van der Waals surface area contributed by atoms with Gasteiger partial charge < -0.3 is 10.1 Å². The molecule has 3 aromatic rings. The van der Waals surface area contributed by atoms with Crippen molar-refractivity contribution >= 4 is 16.8 Å². The van der Waals surface area contributed by atoms with Crippen LogP contribution >= 0.6 is 0 Å². The molecule has 118 valence electrons. The van der Waals surface area contributed by atoms with Crippen molar-refractivity contribution < 1.29 is 9.53 Å². The van der Waals surface area contributed by atoms with Gasteiger partial charge in [-0.2, -0.15) is 5.10 Å². The first kappa shape index (κ1) is 15.1. The lowest BCUT2D eigenvalue weighted by Crippen LogP contribution is -2.26. The van der Waals surface area contributed by atoms with Crippen LogP contribution in [0.3, 0.4) is 0 Å². The van der Waals surface area contributed by atoms with Crippen molar-refractivity contribution in [1.29, 1.82) is 0 Å². The molecular weight excluding hydrogens is 290 g/mol. The van der Waals surface area contributed by atoms with Gasteiger partial charge >= 0.3 is 0 Å². The molecule has 0 aliphatic carbocycles. The Bertz CT molecular complexity index is 822. The number of benzene rings is 2. The second-order valence-electron chi connectivity index (χ2n) is 5.48. The SMILES string of the molecule is COc1ccc(CCNC(=O)c2n[nH]c3ccc(C)cc23)cc1. The molecule has 0 spiro atoms. The van der Waals surface area contributed by atoms with Gasteiger partial charge in [-0.15, -0.1) is 0 Å². The Morgan fingerprint density at radius 1 is 1.22 bits per heavy atom. The lowest BCUT2D eigenvalue weighted by molar-refractivity contribution is 0.0950. The molecular formula is C18H19N3O2. The molecule has 0 saturated heterocycles. The molecule has 23 heavy (non-hydrogen) atoms. The summed E-state index contributed by atoms with van der Waals surface area (Å²) in [4.78, 5) is 12.3. The minimum Gasteiger partial charge on any atom is -0.497 e. The number of hydrogen-bond donors (Lipinski definition) is 2. The predicted octanol–water partition coefficient (Wildman–Crippen LogP) is 2.85. The van der Waals surface area contributed by atoms with Gasteiger partial charge in [-0.25, -0.2) is 0 Å². The lowest BCUT2D eigenvalue weighted by atomic mass is 10.1. The van der Waals surface area contributed by atoms with E-state index in [1.165, 1.54) is 0 Å². The highest BCUT2D eigenvalue weighted by atomic mass is 16.5. The molecule has 3 rings (SSSR count). The molecule has 2 aromatic carbocycles. The molecule has 2 N–H and O–H groups in total. The molecule has 1 aromatic heterocycles. The average molecular weight is 309 g/mol. The second kappa shape index (κ2) is 6.52. The molecule has 0 aliphatic rings. The summed E-state index contributed by atoms with van der Waals surface area (Å²) in [5.41, 5.74) is 3.56. The van der Waals surface area contributed by atoms with Gasteiger partial charge in [-0.1, -0.05) is 23.8 Å². The zero-order valence-electron chi connectivity index (χ0n) is 13.2. The van der Waals surface area contributed by atoms with Crippen LogP contribution < -0.4 is 10.1 Å². The van der Waals surface area contributed by atoms with Crippen LogP contribution in [-0.2, 0) is 6.42 Å². The topological polar surface area (TPSA) is 67.0 Å². The number of ether oxygens (including phenoxy) is 1. The van der Waals surface area contributed by atoms with E-state index in [1.807, 2.05) is 49.4 Å². The quantitative estimate of drug-likeness (QED) is 0.761. The smallest absolute Gasteiger partial charge is 0.272 e. The van der Waals surface area contributed by atoms with Gasteiger partial charge in [0.2, 0.25) is 0 Å². The first-order valence-corrected chi connectivity index (χ1v) is 7.53. The van der Waals surface area contributed by atoms with Crippen LogP contribution in [0, 0.1) is 6.92 Å². The molecule has 1 heterocycles. The maximum atomic E-state index is 12.3. The number of aromatic nitrogens is 2. The molecule has 0 atom stereocenters. The summed E-state index contributed by atoms with van der Waals surface area (Å²) < 4.78 is 5.13. The number of hydrogen-bond acceptors (Lipinski definition) is 3. The van der Waals surface area contributed by atoms with Gasteiger partial charge in [0.1, 0.15) is 5.75 Å². The third-order valence-electron chi connectivity index (χ3n) is 3.79. The normalized spacial score (nSPS) is 10.7. The lowest BCUT2D eigenvalue weighted by Gasteiger charge is -2.05. The Balaban J connectivity index is 1.63. The fourth-order valence-corrected chi connectivity index (χ4v) is 2.50. The summed E-state index contributed by atoms with van der Waals surface area (Å²) in [5.74, 6) is 0.673. The second-order valence-corrected chi connectivity index (χ2v) is 5.48. The molecule has 0 radical (unpaired) electrons. The molecule has 0 saturated carbocycles. The van der Waals surface area contributed by atoms with Crippen LogP contribution in [0.1, 0.15) is 21.6 Å². The monoisotopic (exact) mass is 309 g/mol. The van der Waals surface area contributed by atoms with Gasteiger partial charge in [0.05, 0.1) is 12.6 Å². The Labute approximate surface area is 134 Å². The molecule has 0 aliphatic heterocycles. The number of methoxy groups -OCH3 is 1. The van der Waals surface area contributed by atoms with E-state index in [9.17, 15) is 4.79 Å². The first-order valence-electron chi connectivity index (χ1n) is 7.53. The Hall–Kier alpha value is -2.82. The number of rotatable bonds is 5. The van der Waals surface area contributed by atoms with Gasteiger partial charge in [-0.3, -0.25) is 9.89 Å². The summed E-state index contributed by atoms with van der Waals surface area (Å²) in [6, 6.07) is 13.7. The van der Waals surface area contributed by atoms with E-state index >= 15 is 0 Å². The number of H-pyrrole nitrogens is 1. The standard InChI is InChI=1S/C18H19N3O2/c1-12-3-8-16-15(11-12)17(21-20-16)18(22)19-10-9-13-4-6-14(23-2)7-5-13/h3-8,11H,9-10H2,1-2H3,(H,19,22)(H,20,21). The van der Waals surface area contributed by atoms with Crippen molar-refractivity contribution in [3.8, 4) is 5.75 Å². The molecule has 5 heteroatoms. The van der Waals surface area contributed by atoms with Gasteiger partial charge in [-0.05, 0) is 43.2 Å². The van der Waals surface area contributed by atoms with E-state index < -0.39 is 0 Å². The number of nitrogens with one attached hydrogen (secondary N) is 2. The molecule has 0 unspecified atom stereocenters. The van der Waals surface area contributed by atoms with Gasteiger partial charge in [0.25, 0.3) is 5.91 Å². The predicted molar refractivity (Wildman–Crippen MR) is 89.9 cm³/mol. The highest BCUT2D eigenvalue weighted by Gasteiger charge is 2.13. The van der Waals surface area contributed by atoms with Crippen molar-refractivity contribution in [1.82, 2.24) is 15.5 Å². The van der Waals surface area contributed by atoms with Crippen molar-refractivity contribution in [2.24, 2.45) is 0 Å². The number of fused-ring (bicyclic) bond motifs is 1. The van der Waals surface area contributed by atoms with E-state index in [2.05, 4.69) is 15.5 Å². The number of nitrogens with zero attached hydrogens (tertiary/aromatic N) is 1. The maximum absolute atomic E-state index is 12.3. The summed E-state index contributed by atoms with van der Waals surface area (Å²) in [7, 11) is 1.64. The largest absolute Gasteiger partial charge is 0.497 e. The third kappa shape index (κ3) is 3.34. The molecule has 0 bridgehead atoms. The summed E-state index contributed by atoms with van der Waals surface area (Å²) >= 11 is 0. The third-order valence-corrected chi connectivity index (χ3v) is 3.79. The summed E-state index contributed by atoms with van der Waals surface area (Å²) in [6.07, 6.45) is 0.761. The first-order chi connectivity index (χ1) is 11.2. The zero-order chi connectivity index (χ0) is 16.2. The molecule has 1 amide bonds. The van der Waals surface area contributed by atoms with E-state index in [4.69, 9.17) is 4.74 Å². The molecule has 5 nitrogen and oxygen atoms in total. The highest BCUT2D eigenvalue weighted by Crippen LogP contribution is 2.17. The van der Waals surface area contributed by atoms with Crippen LogP contribution in [-0.4, -0.2) is 29.8 Å². The van der Waals surface area contributed by atoms with Crippen LogP contribution in [0.4, 0.5) is 0 Å².